The van der Waals surface area contributed by atoms with E-state index in [1.165, 1.54) is 17.1 Å². The van der Waals surface area contributed by atoms with Crippen LogP contribution in [0.2, 0.25) is 0 Å². The maximum Gasteiger partial charge on any atom is 0.413 e. The number of alkyl halides is 3. The van der Waals surface area contributed by atoms with Crippen LogP contribution in [0.3, 0.4) is 0 Å². The summed E-state index contributed by atoms with van der Waals surface area (Å²) in [5.74, 6) is -0.465. The number of rotatable bonds is 4. The summed E-state index contributed by atoms with van der Waals surface area (Å²) in [5.41, 5.74) is 0.670. The SMILES string of the molecule is O=C(/C=C/c1cccc(-n2cnnn2)c1)NC1CCC(Cl)=C(C(F)(F)F)C1. The zero-order valence-electron chi connectivity index (χ0n) is 13.9. The molecule has 6 nitrogen and oxygen atoms in total. The summed E-state index contributed by atoms with van der Waals surface area (Å²) < 4.78 is 40.3. The number of benzene rings is 1. The average Bonchev–Trinajstić information content (AvgIpc) is 3.16. The molecule has 0 aliphatic heterocycles. The molecule has 1 unspecified atom stereocenters. The highest BCUT2D eigenvalue weighted by molar-refractivity contribution is 6.30. The van der Waals surface area contributed by atoms with Crippen LogP contribution in [-0.4, -0.2) is 38.3 Å². The van der Waals surface area contributed by atoms with Gasteiger partial charge in [-0.1, -0.05) is 23.7 Å². The summed E-state index contributed by atoms with van der Waals surface area (Å²) in [7, 11) is 0. The van der Waals surface area contributed by atoms with Crippen molar-refractivity contribution >= 4 is 23.6 Å². The number of nitrogens with one attached hydrogen (secondary N) is 1. The summed E-state index contributed by atoms with van der Waals surface area (Å²) in [6, 6.07) is 6.52. The molecule has 0 fully saturated rings. The first-order valence-corrected chi connectivity index (χ1v) is 8.47. The topological polar surface area (TPSA) is 72.7 Å². The van der Waals surface area contributed by atoms with Crippen LogP contribution in [0.15, 0.2) is 47.3 Å². The molecule has 1 aliphatic carbocycles. The normalized spacial score (nSPS) is 18.1. The number of amides is 1. The van der Waals surface area contributed by atoms with Crippen molar-refractivity contribution < 1.29 is 18.0 Å². The van der Waals surface area contributed by atoms with Gasteiger partial charge in [0, 0.05) is 22.7 Å². The number of tetrazole rings is 1. The largest absolute Gasteiger partial charge is 0.413 e. The van der Waals surface area contributed by atoms with Crippen LogP contribution in [0, 0.1) is 0 Å². The van der Waals surface area contributed by atoms with Crippen molar-refractivity contribution in [2.75, 3.05) is 0 Å². The zero-order chi connectivity index (χ0) is 19.4. The summed E-state index contributed by atoms with van der Waals surface area (Å²) in [6.07, 6.45) is -0.0453. The second kappa shape index (κ2) is 7.91. The highest BCUT2D eigenvalue weighted by atomic mass is 35.5. The molecular weight excluding hydrogens is 383 g/mol. The molecule has 1 N–H and O–H groups in total. The minimum absolute atomic E-state index is 0.0963. The maximum atomic E-state index is 12.9. The van der Waals surface area contributed by atoms with Gasteiger partial charge in [-0.2, -0.15) is 13.2 Å². The van der Waals surface area contributed by atoms with E-state index in [1.54, 1.807) is 30.3 Å². The zero-order valence-corrected chi connectivity index (χ0v) is 14.7. The Hall–Kier alpha value is -2.68. The highest BCUT2D eigenvalue weighted by Gasteiger charge is 2.39. The molecule has 1 aromatic carbocycles. The third-order valence-electron chi connectivity index (χ3n) is 4.09. The first-order chi connectivity index (χ1) is 12.8. The monoisotopic (exact) mass is 397 g/mol. The van der Waals surface area contributed by atoms with E-state index in [0.29, 0.717) is 12.1 Å². The lowest BCUT2D eigenvalue weighted by molar-refractivity contribution is -0.118. The van der Waals surface area contributed by atoms with E-state index >= 15 is 0 Å². The molecule has 1 aromatic heterocycles. The predicted octanol–water partition coefficient (Wildman–Crippen LogP) is 3.40. The van der Waals surface area contributed by atoms with Crippen LogP contribution < -0.4 is 5.32 Å². The summed E-state index contributed by atoms with van der Waals surface area (Å²) in [6.45, 7) is 0. The Balaban J connectivity index is 1.62. The fourth-order valence-electron chi connectivity index (χ4n) is 2.78. The Labute approximate surface area is 157 Å². The van der Waals surface area contributed by atoms with Crippen molar-refractivity contribution in [1.82, 2.24) is 25.5 Å². The van der Waals surface area contributed by atoms with E-state index in [2.05, 4.69) is 20.8 Å². The van der Waals surface area contributed by atoms with Crippen molar-refractivity contribution in [3.63, 3.8) is 0 Å². The van der Waals surface area contributed by atoms with Gasteiger partial charge in [0.05, 0.1) is 5.69 Å². The van der Waals surface area contributed by atoms with Gasteiger partial charge in [-0.25, -0.2) is 4.68 Å². The highest BCUT2D eigenvalue weighted by Crippen LogP contribution is 2.38. The number of aromatic nitrogens is 4. The number of allylic oxidation sites excluding steroid dienone is 1. The fourth-order valence-corrected chi connectivity index (χ4v) is 3.07. The lowest BCUT2D eigenvalue weighted by Crippen LogP contribution is -2.37. The van der Waals surface area contributed by atoms with E-state index in [1.807, 2.05) is 0 Å². The molecule has 142 valence electrons. The molecule has 1 aliphatic rings. The van der Waals surface area contributed by atoms with Gasteiger partial charge in [0.15, 0.2) is 0 Å². The third kappa shape index (κ3) is 4.94. The van der Waals surface area contributed by atoms with Crippen molar-refractivity contribution in [3.05, 3.63) is 52.8 Å². The summed E-state index contributed by atoms with van der Waals surface area (Å²) >= 11 is 5.68. The van der Waals surface area contributed by atoms with Gasteiger partial charge in [0.2, 0.25) is 5.91 Å². The molecule has 10 heteroatoms. The minimum Gasteiger partial charge on any atom is -0.349 e. The Morgan fingerprint density at radius 3 is 2.89 bits per heavy atom. The van der Waals surface area contributed by atoms with Gasteiger partial charge in [0.1, 0.15) is 6.33 Å². The lowest BCUT2D eigenvalue weighted by atomic mass is 9.94. The molecule has 1 heterocycles. The minimum atomic E-state index is -4.48. The molecule has 27 heavy (non-hydrogen) atoms. The molecule has 1 atom stereocenters. The summed E-state index contributed by atoms with van der Waals surface area (Å²) in [4.78, 5) is 12.1. The molecular formula is C17H15ClF3N5O. The number of hydrogen-bond acceptors (Lipinski definition) is 4. The van der Waals surface area contributed by atoms with Gasteiger partial charge in [-0.15, -0.1) is 5.10 Å². The second-order valence-electron chi connectivity index (χ2n) is 6.01. The van der Waals surface area contributed by atoms with E-state index in [4.69, 9.17) is 11.6 Å². The molecule has 1 amide bonds. The quantitative estimate of drug-likeness (QED) is 0.802. The van der Waals surface area contributed by atoms with Crippen molar-refractivity contribution in [2.24, 2.45) is 0 Å². The van der Waals surface area contributed by atoms with Crippen LogP contribution in [0.5, 0.6) is 0 Å². The average molecular weight is 398 g/mol. The van der Waals surface area contributed by atoms with Gasteiger partial charge in [-0.3, -0.25) is 4.79 Å². The van der Waals surface area contributed by atoms with Crippen LogP contribution in [0.4, 0.5) is 13.2 Å². The van der Waals surface area contributed by atoms with Crippen LogP contribution >= 0.6 is 11.6 Å². The third-order valence-corrected chi connectivity index (χ3v) is 4.51. The molecule has 0 spiro atoms. The Bertz CT molecular complexity index is 877. The van der Waals surface area contributed by atoms with E-state index in [0.717, 1.165) is 5.56 Å². The van der Waals surface area contributed by atoms with Crippen LogP contribution in [0.25, 0.3) is 11.8 Å². The second-order valence-corrected chi connectivity index (χ2v) is 6.47. The van der Waals surface area contributed by atoms with E-state index in [-0.39, 0.29) is 17.9 Å². The Morgan fingerprint density at radius 1 is 1.37 bits per heavy atom. The van der Waals surface area contributed by atoms with Crippen LogP contribution in [0.1, 0.15) is 24.8 Å². The molecule has 0 saturated heterocycles. The van der Waals surface area contributed by atoms with Crippen molar-refractivity contribution in [2.45, 2.75) is 31.5 Å². The summed E-state index contributed by atoms with van der Waals surface area (Å²) in [5, 5.41) is 13.3. The maximum absolute atomic E-state index is 12.9. The molecule has 3 rings (SSSR count). The fraction of sp³-hybridized carbons (Fsp3) is 0.294. The standard InChI is InChI=1S/C17H15ClF3N5O/c18-15-6-5-12(9-14(15)17(19,20)21)23-16(27)7-4-11-2-1-3-13(8-11)26-10-22-24-25-26/h1-4,7-8,10,12H,5-6,9H2,(H,23,27)/b7-4+. The smallest absolute Gasteiger partial charge is 0.349 e. The number of carbonyl (C=O) groups excluding carboxylic acids is 1. The van der Waals surface area contributed by atoms with Crippen molar-refractivity contribution in [3.8, 4) is 5.69 Å². The van der Waals surface area contributed by atoms with E-state index in [9.17, 15) is 18.0 Å². The molecule has 0 saturated carbocycles. The first kappa shape index (κ1) is 19.1. The predicted molar refractivity (Wildman–Crippen MR) is 92.9 cm³/mol. The van der Waals surface area contributed by atoms with Crippen molar-refractivity contribution in [1.29, 1.82) is 0 Å². The lowest BCUT2D eigenvalue weighted by Gasteiger charge is -2.26. The van der Waals surface area contributed by atoms with Gasteiger partial charge in [-0.05, 0) is 53.5 Å². The molecule has 0 bridgehead atoms. The number of carbonyl (C=O) groups is 1. The Morgan fingerprint density at radius 2 is 2.19 bits per heavy atom. The first-order valence-electron chi connectivity index (χ1n) is 8.09. The van der Waals surface area contributed by atoms with E-state index < -0.39 is 23.7 Å². The molecule has 0 radical (unpaired) electrons. The number of halogens is 4. The van der Waals surface area contributed by atoms with Gasteiger partial charge in [0.25, 0.3) is 0 Å². The Kier molecular flexibility index (Phi) is 5.59. The van der Waals surface area contributed by atoms with Gasteiger partial charge < -0.3 is 5.32 Å². The van der Waals surface area contributed by atoms with Gasteiger partial charge >= 0.3 is 6.18 Å². The van der Waals surface area contributed by atoms with Crippen LogP contribution in [-0.2, 0) is 4.79 Å². The number of hydrogen-bond donors (Lipinski definition) is 1. The molecule has 2 aromatic rings. The number of nitrogens with zero attached hydrogens (tertiary/aromatic N) is 4.